The van der Waals surface area contributed by atoms with Gasteiger partial charge in [0, 0.05) is 5.92 Å². The van der Waals surface area contributed by atoms with Gasteiger partial charge in [-0.3, -0.25) is 0 Å². The van der Waals surface area contributed by atoms with Crippen molar-refractivity contribution in [2.75, 3.05) is 0 Å². The van der Waals surface area contributed by atoms with Gasteiger partial charge in [-0.05, 0) is 39.2 Å². The molecule has 2 aliphatic rings. The molecule has 0 bridgehead atoms. The highest BCUT2D eigenvalue weighted by Crippen LogP contribution is 2.52. The first-order valence-electron chi connectivity index (χ1n) is 10.3. The Kier molecular flexibility index (Phi) is 5.11. The van der Waals surface area contributed by atoms with Crippen molar-refractivity contribution >= 4 is 0 Å². The lowest BCUT2D eigenvalue weighted by Gasteiger charge is -2.31. The fourth-order valence-corrected chi connectivity index (χ4v) is 4.09. The molecule has 0 fully saturated rings. The summed E-state index contributed by atoms with van der Waals surface area (Å²) in [6.45, 7) is 28.3. The Hall–Kier alpha value is -1.04. The molecule has 0 spiro atoms. The minimum Gasteiger partial charge on any atom is -0.0695 e. The minimum atomic E-state index is 0.184. The van der Waals surface area contributed by atoms with Crippen LogP contribution in [0.15, 0.2) is 46.1 Å². The lowest BCUT2D eigenvalue weighted by molar-refractivity contribution is 0.458. The summed E-state index contributed by atoms with van der Waals surface area (Å²) in [4.78, 5) is 0. The van der Waals surface area contributed by atoms with Crippen LogP contribution in [-0.2, 0) is 0 Å². The van der Waals surface area contributed by atoms with E-state index < -0.39 is 0 Å². The maximum Gasteiger partial charge on any atom is 0.0210 e. The molecule has 2 aliphatic carbocycles. The van der Waals surface area contributed by atoms with Crippen molar-refractivity contribution in [3.05, 3.63) is 46.1 Å². The molecule has 0 saturated carbocycles. The van der Waals surface area contributed by atoms with Gasteiger partial charge in [-0.25, -0.2) is 0 Å². The van der Waals surface area contributed by atoms with Crippen molar-refractivity contribution in [1.29, 1.82) is 0 Å². The predicted octanol–water partition coefficient (Wildman–Crippen LogP) is 8.28. The van der Waals surface area contributed by atoms with Crippen molar-refractivity contribution in [2.45, 2.75) is 89.5 Å². The maximum atomic E-state index is 2.57. The molecule has 2 rings (SSSR count). The number of hydrogen-bond acceptors (Lipinski definition) is 0. The van der Waals surface area contributed by atoms with E-state index in [9.17, 15) is 0 Å². The lowest BCUT2D eigenvalue weighted by atomic mass is 9.73. The van der Waals surface area contributed by atoms with Gasteiger partial charge < -0.3 is 0 Å². The zero-order valence-corrected chi connectivity index (χ0v) is 19.5. The van der Waals surface area contributed by atoms with Crippen LogP contribution in [0, 0.1) is 27.6 Å². The highest BCUT2D eigenvalue weighted by atomic mass is 14.4. The van der Waals surface area contributed by atoms with E-state index in [-0.39, 0.29) is 21.7 Å². The molecule has 26 heavy (non-hydrogen) atoms. The number of allylic oxidation sites excluding steroid dienone is 8. The summed E-state index contributed by atoms with van der Waals surface area (Å²) >= 11 is 0. The van der Waals surface area contributed by atoms with Gasteiger partial charge in [0.15, 0.2) is 0 Å². The number of rotatable bonds is 1. The van der Waals surface area contributed by atoms with E-state index in [2.05, 4.69) is 101 Å². The van der Waals surface area contributed by atoms with Crippen LogP contribution in [0.1, 0.15) is 89.5 Å². The van der Waals surface area contributed by atoms with Crippen LogP contribution in [0.25, 0.3) is 0 Å². The van der Waals surface area contributed by atoms with Gasteiger partial charge in [0.25, 0.3) is 0 Å². The summed E-state index contributed by atoms with van der Waals surface area (Å²) < 4.78 is 0. The van der Waals surface area contributed by atoms with Crippen LogP contribution >= 0.6 is 0 Å². The van der Waals surface area contributed by atoms with Gasteiger partial charge in [-0.1, -0.05) is 118 Å². The molecule has 0 heteroatoms. The van der Waals surface area contributed by atoms with Gasteiger partial charge in [-0.15, -0.1) is 0 Å². The van der Waals surface area contributed by atoms with Crippen LogP contribution < -0.4 is 0 Å². The zero-order chi connectivity index (χ0) is 20.3. The van der Waals surface area contributed by atoms with E-state index in [0.29, 0.717) is 5.92 Å². The Bertz CT molecular complexity index is 689. The van der Waals surface area contributed by atoms with E-state index in [1.54, 1.807) is 22.3 Å². The molecular formula is C26H42. The van der Waals surface area contributed by atoms with E-state index in [1.165, 1.54) is 5.57 Å². The second-order valence-electron chi connectivity index (χ2n) is 12.5. The van der Waals surface area contributed by atoms with Crippen molar-refractivity contribution < 1.29 is 0 Å². The molecule has 0 radical (unpaired) electrons. The summed E-state index contributed by atoms with van der Waals surface area (Å²) in [5.74, 6) is 0.453. The normalized spacial score (nSPS) is 22.6. The lowest BCUT2D eigenvalue weighted by Crippen LogP contribution is -2.19. The van der Waals surface area contributed by atoms with Crippen molar-refractivity contribution in [1.82, 2.24) is 0 Å². The monoisotopic (exact) mass is 354 g/mol. The van der Waals surface area contributed by atoms with Crippen molar-refractivity contribution in [2.24, 2.45) is 27.6 Å². The van der Waals surface area contributed by atoms with Gasteiger partial charge in [0.2, 0.25) is 0 Å². The Morgan fingerprint density at radius 2 is 1.19 bits per heavy atom. The summed E-state index contributed by atoms with van der Waals surface area (Å²) in [7, 11) is 0. The highest BCUT2D eigenvalue weighted by Gasteiger charge is 2.38. The predicted molar refractivity (Wildman–Crippen MR) is 117 cm³/mol. The standard InChI is InChI=1S/C26H42/c1-23(2,3)17-13-19(21(15-17)25(7,8)9)20-14-18(24(4,5)6)16-22(20)26(10,11)12/h13,15-16,19H,14H2,1-12H3. The third-order valence-electron chi connectivity index (χ3n) is 5.92. The van der Waals surface area contributed by atoms with Crippen molar-refractivity contribution in [3.8, 4) is 0 Å². The Labute approximate surface area is 163 Å². The summed E-state index contributed by atoms with van der Waals surface area (Å²) in [6, 6.07) is 0. The molecule has 0 aromatic carbocycles. The fourth-order valence-electron chi connectivity index (χ4n) is 4.09. The molecule has 0 saturated heterocycles. The largest absolute Gasteiger partial charge is 0.0695 e. The Morgan fingerprint density at radius 1 is 0.654 bits per heavy atom. The van der Waals surface area contributed by atoms with Crippen LogP contribution in [0.5, 0.6) is 0 Å². The molecule has 0 heterocycles. The topological polar surface area (TPSA) is 0 Å². The zero-order valence-electron chi connectivity index (χ0n) is 19.5. The fraction of sp³-hybridized carbons (Fsp3) is 0.692. The average molecular weight is 355 g/mol. The van der Waals surface area contributed by atoms with E-state index in [4.69, 9.17) is 0 Å². The van der Waals surface area contributed by atoms with E-state index >= 15 is 0 Å². The first-order chi connectivity index (χ1) is 11.4. The molecule has 0 aromatic heterocycles. The molecule has 0 amide bonds. The van der Waals surface area contributed by atoms with Crippen LogP contribution in [0.4, 0.5) is 0 Å². The Morgan fingerprint density at radius 3 is 1.58 bits per heavy atom. The molecule has 1 atom stereocenters. The van der Waals surface area contributed by atoms with Gasteiger partial charge in [0.1, 0.15) is 0 Å². The number of hydrogen-bond donors (Lipinski definition) is 0. The summed E-state index contributed by atoms with van der Waals surface area (Å²) in [5, 5.41) is 0. The van der Waals surface area contributed by atoms with Gasteiger partial charge in [0.05, 0.1) is 0 Å². The third-order valence-corrected chi connectivity index (χ3v) is 5.92. The van der Waals surface area contributed by atoms with Crippen LogP contribution in [-0.4, -0.2) is 0 Å². The first kappa shape index (κ1) is 21.3. The quantitative estimate of drug-likeness (QED) is 0.444. The molecule has 0 aliphatic heterocycles. The molecule has 1 unspecified atom stereocenters. The Balaban J connectivity index is 2.60. The second-order valence-corrected chi connectivity index (χ2v) is 12.5. The van der Waals surface area contributed by atoms with Gasteiger partial charge >= 0.3 is 0 Å². The molecule has 0 aromatic rings. The third kappa shape index (κ3) is 4.26. The maximum absolute atomic E-state index is 2.57. The minimum absolute atomic E-state index is 0.184. The summed E-state index contributed by atoms with van der Waals surface area (Å²) in [6.07, 6.45) is 8.73. The molecule has 146 valence electrons. The molecule has 0 nitrogen and oxygen atoms in total. The van der Waals surface area contributed by atoms with E-state index in [1.807, 2.05) is 0 Å². The van der Waals surface area contributed by atoms with Crippen LogP contribution in [0.3, 0.4) is 0 Å². The SMILES string of the molecule is CC(C)(C)C1=CC(C2=C(C(C)(C)C)C=C(C(C)(C)C)C2)C(C(C)(C)C)=C1. The highest BCUT2D eigenvalue weighted by molar-refractivity contribution is 5.54. The second kappa shape index (κ2) is 6.25. The van der Waals surface area contributed by atoms with E-state index in [0.717, 1.165) is 6.42 Å². The average Bonchev–Trinajstić information content (AvgIpc) is 3.00. The first-order valence-corrected chi connectivity index (χ1v) is 10.3. The smallest absolute Gasteiger partial charge is 0.0210 e. The van der Waals surface area contributed by atoms with Crippen molar-refractivity contribution in [3.63, 3.8) is 0 Å². The van der Waals surface area contributed by atoms with Gasteiger partial charge in [-0.2, -0.15) is 0 Å². The summed E-state index contributed by atoms with van der Waals surface area (Å²) in [5.41, 5.74) is 8.68. The molecular weight excluding hydrogens is 312 g/mol. The molecule has 0 N–H and O–H groups in total. The van der Waals surface area contributed by atoms with Crippen LogP contribution in [0.2, 0.25) is 0 Å².